The maximum atomic E-state index is 13.4. The monoisotopic (exact) mass is 287 g/mol. The van der Waals surface area contributed by atoms with Gasteiger partial charge in [-0.1, -0.05) is 36.4 Å². The largest absolute Gasteiger partial charge is 0.334 e. The summed E-state index contributed by atoms with van der Waals surface area (Å²) in [6.07, 6.45) is 0.835. The zero-order valence-electron chi connectivity index (χ0n) is 11.6. The van der Waals surface area contributed by atoms with E-state index < -0.39 is 11.8 Å². The third-order valence-electron chi connectivity index (χ3n) is 3.03. The number of amides is 2. The molecule has 0 heterocycles. The Labute approximate surface area is 123 Å². The second-order valence-corrected chi connectivity index (χ2v) is 4.64. The van der Waals surface area contributed by atoms with Gasteiger partial charge in [0.25, 0.3) is 0 Å². The number of benzene rings is 2. The number of nitrogens with one attached hydrogen (secondary N) is 2. The minimum atomic E-state index is -0.459. The van der Waals surface area contributed by atoms with Crippen LogP contribution < -0.4 is 16.4 Å². The summed E-state index contributed by atoms with van der Waals surface area (Å²) in [6, 6.07) is 13.4. The number of hydrogen-bond donors (Lipinski definition) is 3. The van der Waals surface area contributed by atoms with Crippen LogP contribution in [-0.4, -0.2) is 12.6 Å². The van der Waals surface area contributed by atoms with Crippen molar-refractivity contribution in [2.45, 2.75) is 13.0 Å². The molecule has 0 saturated heterocycles. The SMILES string of the molecule is NCCc1ccc(CNC(=O)Nc2ccccc2F)cc1. The van der Waals surface area contributed by atoms with Crippen LogP contribution in [0.2, 0.25) is 0 Å². The van der Waals surface area contributed by atoms with Crippen LogP contribution >= 0.6 is 0 Å². The van der Waals surface area contributed by atoms with Gasteiger partial charge in [0.2, 0.25) is 0 Å². The number of para-hydroxylation sites is 1. The number of nitrogens with two attached hydrogens (primary N) is 1. The molecule has 4 nitrogen and oxygen atoms in total. The molecule has 0 radical (unpaired) electrons. The third-order valence-corrected chi connectivity index (χ3v) is 3.03. The molecule has 110 valence electrons. The summed E-state index contributed by atoms with van der Waals surface area (Å²) in [5.74, 6) is -0.459. The second kappa shape index (κ2) is 7.40. The normalized spacial score (nSPS) is 10.2. The number of hydrogen-bond acceptors (Lipinski definition) is 2. The molecule has 0 aromatic heterocycles. The first kappa shape index (κ1) is 15.0. The Bertz CT molecular complexity index is 599. The Morgan fingerprint density at radius 3 is 2.38 bits per heavy atom. The Morgan fingerprint density at radius 2 is 1.71 bits per heavy atom. The van der Waals surface area contributed by atoms with E-state index in [2.05, 4.69) is 10.6 Å². The van der Waals surface area contributed by atoms with Crippen molar-refractivity contribution in [1.82, 2.24) is 5.32 Å². The van der Waals surface area contributed by atoms with E-state index in [-0.39, 0.29) is 5.69 Å². The highest BCUT2D eigenvalue weighted by Gasteiger charge is 2.05. The quantitative estimate of drug-likeness (QED) is 0.791. The number of anilines is 1. The van der Waals surface area contributed by atoms with E-state index in [4.69, 9.17) is 5.73 Å². The average Bonchev–Trinajstić information content (AvgIpc) is 2.49. The predicted molar refractivity (Wildman–Crippen MR) is 81.5 cm³/mol. The Hall–Kier alpha value is -2.40. The maximum Gasteiger partial charge on any atom is 0.319 e. The minimum Gasteiger partial charge on any atom is -0.334 e. The third kappa shape index (κ3) is 4.57. The molecule has 0 saturated carbocycles. The zero-order chi connectivity index (χ0) is 15.1. The molecule has 2 rings (SSSR count). The van der Waals surface area contributed by atoms with E-state index in [1.807, 2.05) is 24.3 Å². The maximum absolute atomic E-state index is 13.4. The second-order valence-electron chi connectivity index (χ2n) is 4.64. The van der Waals surface area contributed by atoms with Gasteiger partial charge in [0.1, 0.15) is 5.82 Å². The Kier molecular flexibility index (Phi) is 5.29. The van der Waals surface area contributed by atoms with Crippen LogP contribution in [0.25, 0.3) is 0 Å². The van der Waals surface area contributed by atoms with Gasteiger partial charge in [0, 0.05) is 6.54 Å². The molecule has 2 aromatic carbocycles. The molecule has 2 aromatic rings. The van der Waals surface area contributed by atoms with Crippen LogP contribution in [0.5, 0.6) is 0 Å². The smallest absolute Gasteiger partial charge is 0.319 e. The van der Waals surface area contributed by atoms with Crippen LogP contribution in [0.1, 0.15) is 11.1 Å². The van der Waals surface area contributed by atoms with Crippen molar-refractivity contribution in [3.63, 3.8) is 0 Å². The molecule has 0 fully saturated rings. The van der Waals surface area contributed by atoms with Crippen LogP contribution in [-0.2, 0) is 13.0 Å². The summed E-state index contributed by atoms with van der Waals surface area (Å²) < 4.78 is 13.4. The summed E-state index contributed by atoms with van der Waals surface area (Å²) in [4.78, 5) is 11.7. The molecular weight excluding hydrogens is 269 g/mol. The van der Waals surface area contributed by atoms with E-state index in [9.17, 15) is 9.18 Å². The summed E-state index contributed by atoms with van der Waals surface area (Å²) in [5.41, 5.74) is 7.78. The first-order chi connectivity index (χ1) is 10.2. The molecule has 0 bridgehead atoms. The van der Waals surface area contributed by atoms with Crippen molar-refractivity contribution < 1.29 is 9.18 Å². The molecule has 5 heteroatoms. The first-order valence-corrected chi connectivity index (χ1v) is 6.76. The Morgan fingerprint density at radius 1 is 1.05 bits per heavy atom. The highest BCUT2D eigenvalue weighted by molar-refractivity contribution is 5.89. The fourth-order valence-corrected chi connectivity index (χ4v) is 1.90. The lowest BCUT2D eigenvalue weighted by molar-refractivity contribution is 0.251. The van der Waals surface area contributed by atoms with Crippen LogP contribution in [0.15, 0.2) is 48.5 Å². The lowest BCUT2D eigenvalue weighted by Gasteiger charge is -2.09. The lowest BCUT2D eigenvalue weighted by atomic mass is 10.1. The van der Waals surface area contributed by atoms with Gasteiger partial charge >= 0.3 is 6.03 Å². The van der Waals surface area contributed by atoms with E-state index in [1.165, 1.54) is 12.1 Å². The van der Waals surface area contributed by atoms with Crippen molar-refractivity contribution in [2.24, 2.45) is 5.73 Å². The van der Waals surface area contributed by atoms with Crippen molar-refractivity contribution >= 4 is 11.7 Å². The topological polar surface area (TPSA) is 67.1 Å². The number of carbonyl (C=O) groups excluding carboxylic acids is 1. The molecule has 21 heavy (non-hydrogen) atoms. The van der Waals surface area contributed by atoms with Gasteiger partial charge in [-0.15, -0.1) is 0 Å². The molecule has 4 N–H and O–H groups in total. The number of carbonyl (C=O) groups is 1. The molecule has 0 spiro atoms. The average molecular weight is 287 g/mol. The van der Waals surface area contributed by atoms with Gasteiger partial charge in [-0.3, -0.25) is 0 Å². The zero-order valence-corrected chi connectivity index (χ0v) is 11.6. The van der Waals surface area contributed by atoms with E-state index in [0.717, 1.165) is 17.5 Å². The molecule has 0 unspecified atom stereocenters. The van der Waals surface area contributed by atoms with E-state index in [0.29, 0.717) is 13.1 Å². The van der Waals surface area contributed by atoms with Crippen molar-refractivity contribution in [1.29, 1.82) is 0 Å². The van der Waals surface area contributed by atoms with Gasteiger partial charge in [-0.05, 0) is 36.2 Å². The molecule has 0 atom stereocenters. The summed E-state index contributed by atoms with van der Waals surface area (Å²) in [5, 5.41) is 5.16. The number of urea groups is 1. The molecule has 0 aliphatic carbocycles. The minimum absolute atomic E-state index is 0.160. The van der Waals surface area contributed by atoms with Gasteiger partial charge in [0.15, 0.2) is 0 Å². The number of halogens is 1. The molecular formula is C16H18FN3O. The highest BCUT2D eigenvalue weighted by atomic mass is 19.1. The lowest BCUT2D eigenvalue weighted by Crippen LogP contribution is -2.28. The van der Waals surface area contributed by atoms with Crippen molar-refractivity contribution in [3.8, 4) is 0 Å². The van der Waals surface area contributed by atoms with Crippen LogP contribution in [0.3, 0.4) is 0 Å². The fraction of sp³-hybridized carbons (Fsp3) is 0.188. The molecule has 0 aliphatic heterocycles. The first-order valence-electron chi connectivity index (χ1n) is 6.76. The fourth-order valence-electron chi connectivity index (χ4n) is 1.90. The Balaban J connectivity index is 1.85. The summed E-state index contributed by atoms with van der Waals surface area (Å²) in [6.45, 7) is 0.992. The van der Waals surface area contributed by atoms with E-state index in [1.54, 1.807) is 12.1 Å². The summed E-state index contributed by atoms with van der Waals surface area (Å²) >= 11 is 0. The van der Waals surface area contributed by atoms with Crippen LogP contribution in [0, 0.1) is 5.82 Å². The standard InChI is InChI=1S/C16H18FN3O/c17-14-3-1-2-4-15(14)20-16(21)19-11-13-7-5-12(6-8-13)9-10-18/h1-8H,9-11,18H2,(H2,19,20,21). The van der Waals surface area contributed by atoms with Crippen LogP contribution in [0.4, 0.5) is 14.9 Å². The molecule has 0 aliphatic rings. The van der Waals surface area contributed by atoms with Gasteiger partial charge < -0.3 is 16.4 Å². The van der Waals surface area contributed by atoms with E-state index >= 15 is 0 Å². The van der Waals surface area contributed by atoms with Gasteiger partial charge in [-0.2, -0.15) is 0 Å². The van der Waals surface area contributed by atoms with Gasteiger partial charge in [0.05, 0.1) is 5.69 Å². The highest BCUT2D eigenvalue weighted by Crippen LogP contribution is 2.12. The van der Waals surface area contributed by atoms with Gasteiger partial charge in [-0.25, -0.2) is 9.18 Å². The summed E-state index contributed by atoms with van der Waals surface area (Å²) in [7, 11) is 0. The number of rotatable bonds is 5. The molecule has 2 amide bonds. The van der Waals surface area contributed by atoms with Crippen molar-refractivity contribution in [2.75, 3.05) is 11.9 Å². The predicted octanol–water partition coefficient (Wildman–Crippen LogP) is 2.65. The van der Waals surface area contributed by atoms with Crippen molar-refractivity contribution in [3.05, 3.63) is 65.5 Å².